The molecule has 0 saturated carbocycles. The average Bonchev–Trinajstić information content (AvgIpc) is 3.40. The number of carbonyl (C=O) groups is 3. The highest BCUT2D eigenvalue weighted by molar-refractivity contribution is 7.88. The molecular weight excluding hydrogens is 563 g/mol. The van der Waals surface area contributed by atoms with Crippen molar-refractivity contribution in [1.82, 2.24) is 35.7 Å². The van der Waals surface area contributed by atoms with Gasteiger partial charge in [-0.05, 0) is 31.5 Å². The molecule has 2 aromatic rings. The second-order valence-electron chi connectivity index (χ2n) is 9.89. The molecule has 0 bridgehead atoms. The van der Waals surface area contributed by atoms with Gasteiger partial charge in [-0.25, -0.2) is 28.0 Å². The number of aromatic nitrogens is 1. The van der Waals surface area contributed by atoms with E-state index < -0.39 is 57.5 Å². The Balaban J connectivity index is 1.26. The molecule has 1 aromatic carbocycles. The van der Waals surface area contributed by atoms with Gasteiger partial charge in [-0.1, -0.05) is 6.07 Å². The number of carbonyl (C=O) groups excluding carboxylic acids is 3. The molecule has 5 rings (SSSR count). The number of fused-ring (bicyclic) bond motifs is 2. The Morgan fingerprint density at radius 3 is 2.68 bits per heavy atom. The summed E-state index contributed by atoms with van der Waals surface area (Å²) >= 11 is 0. The molecule has 3 aliphatic rings. The van der Waals surface area contributed by atoms with E-state index >= 15 is 0 Å². The van der Waals surface area contributed by atoms with Gasteiger partial charge in [0, 0.05) is 25.7 Å². The summed E-state index contributed by atoms with van der Waals surface area (Å²) in [6.07, 6.45) is 2.25. The number of nitrogens with one attached hydrogen (secondary N) is 5. The summed E-state index contributed by atoms with van der Waals surface area (Å²) in [5.41, 5.74) is 3.80. The number of sulfonamides is 1. The van der Waals surface area contributed by atoms with Gasteiger partial charge in [0.15, 0.2) is 17.2 Å². The lowest BCUT2D eigenvalue weighted by Gasteiger charge is -2.38. The standard InChI is InChI=1S/C24H27FN8O7S/c1-11-19(25)20-29-16(22(35)26-8-13-4-5-18-15(6-13)30-24(37)40-18)7-17(33(20)31-11)23(36)27-12(2)21(34)28-14-9-32(10-14)41(3,38)39/h4-7,11-12,14,31H,8-10H2,1-3H3,(H,26,35)(H,27,36)(H,28,34)(H,30,37)/t11?,12-/m0/s1. The number of amides is 3. The molecule has 0 radical (unpaired) electrons. The molecule has 218 valence electrons. The Kier molecular flexibility index (Phi) is 7.26. The Morgan fingerprint density at radius 1 is 1.24 bits per heavy atom. The van der Waals surface area contributed by atoms with Gasteiger partial charge in [0.05, 0.1) is 23.9 Å². The smallest absolute Gasteiger partial charge is 0.408 e. The first kappa shape index (κ1) is 28.2. The summed E-state index contributed by atoms with van der Waals surface area (Å²) in [6.45, 7) is 3.23. The summed E-state index contributed by atoms with van der Waals surface area (Å²) in [5, 5.41) is 8.94. The van der Waals surface area contributed by atoms with Crippen LogP contribution in [0.1, 0.15) is 19.4 Å². The third kappa shape index (κ3) is 5.77. The van der Waals surface area contributed by atoms with Crippen LogP contribution < -0.4 is 27.1 Å². The summed E-state index contributed by atoms with van der Waals surface area (Å²) < 4.78 is 44.1. The molecule has 1 unspecified atom stereocenters. The fourth-order valence-corrected chi connectivity index (χ4v) is 5.27. The number of H-pyrrole nitrogens is 1. The first-order valence-electron chi connectivity index (χ1n) is 12.5. The highest BCUT2D eigenvalue weighted by Crippen LogP contribution is 2.29. The summed E-state index contributed by atoms with van der Waals surface area (Å²) in [5.74, 6) is -3.57. The number of aliphatic imine (C=N–C) groups is 1. The topological polar surface area (TPSA) is 198 Å². The van der Waals surface area contributed by atoms with Crippen LogP contribution in [0.4, 0.5) is 4.39 Å². The van der Waals surface area contributed by atoms with Crippen LogP contribution in [0.25, 0.3) is 11.1 Å². The van der Waals surface area contributed by atoms with Crippen molar-refractivity contribution in [3.05, 3.63) is 57.7 Å². The largest absolute Gasteiger partial charge is 0.417 e. The number of benzene rings is 1. The number of hydrogen-bond acceptors (Lipinski definition) is 10. The third-order valence-corrected chi connectivity index (χ3v) is 7.91. The zero-order chi connectivity index (χ0) is 29.6. The first-order valence-corrected chi connectivity index (χ1v) is 14.4. The fourth-order valence-electron chi connectivity index (χ4n) is 4.37. The normalized spacial score (nSPS) is 20.2. The number of oxazole rings is 1. The van der Waals surface area contributed by atoms with Crippen molar-refractivity contribution in [1.29, 1.82) is 0 Å². The number of aromatic amines is 1. The number of rotatable bonds is 8. The van der Waals surface area contributed by atoms with Crippen molar-refractivity contribution in [3.63, 3.8) is 0 Å². The molecule has 4 heterocycles. The minimum atomic E-state index is -3.35. The maximum atomic E-state index is 14.9. The Labute approximate surface area is 232 Å². The molecule has 17 heteroatoms. The first-order chi connectivity index (χ1) is 19.3. The van der Waals surface area contributed by atoms with Crippen LogP contribution in [0.15, 0.2) is 55.8 Å². The van der Waals surface area contributed by atoms with Crippen LogP contribution in [0, 0.1) is 0 Å². The van der Waals surface area contributed by atoms with E-state index in [1.807, 2.05) is 0 Å². The lowest BCUT2D eigenvalue weighted by molar-refractivity contribution is -0.128. The van der Waals surface area contributed by atoms with Gasteiger partial charge in [0.2, 0.25) is 15.9 Å². The maximum Gasteiger partial charge on any atom is 0.417 e. The van der Waals surface area contributed by atoms with Crippen molar-refractivity contribution in [2.45, 2.75) is 38.5 Å². The second-order valence-corrected chi connectivity index (χ2v) is 11.9. The van der Waals surface area contributed by atoms with Gasteiger partial charge < -0.3 is 20.4 Å². The van der Waals surface area contributed by atoms with Gasteiger partial charge >= 0.3 is 5.76 Å². The molecule has 1 fully saturated rings. The van der Waals surface area contributed by atoms with E-state index in [-0.39, 0.29) is 36.9 Å². The van der Waals surface area contributed by atoms with Crippen molar-refractivity contribution < 1.29 is 31.6 Å². The Morgan fingerprint density at radius 2 is 1.98 bits per heavy atom. The van der Waals surface area contributed by atoms with E-state index in [1.165, 1.54) is 24.2 Å². The second kappa shape index (κ2) is 10.6. The monoisotopic (exact) mass is 590 g/mol. The highest BCUT2D eigenvalue weighted by atomic mass is 32.2. The van der Waals surface area contributed by atoms with E-state index in [1.54, 1.807) is 18.2 Å². The summed E-state index contributed by atoms with van der Waals surface area (Å²) in [6, 6.07) is 2.59. The predicted molar refractivity (Wildman–Crippen MR) is 143 cm³/mol. The van der Waals surface area contributed by atoms with Gasteiger partial charge in [-0.3, -0.25) is 24.4 Å². The average molecular weight is 591 g/mol. The SMILES string of the molecule is CC1NN2C(C(=O)N[C@@H](C)C(=O)NC3CN(S(C)(=O)=O)C3)=CC(C(=O)NCc3ccc4oc(=O)[nH]c4c3)=NC2=C1F. The van der Waals surface area contributed by atoms with Crippen LogP contribution in [-0.4, -0.2) is 83.6 Å². The molecule has 1 aromatic heterocycles. The number of hydrogen-bond donors (Lipinski definition) is 5. The quantitative estimate of drug-likeness (QED) is 0.248. The molecule has 1 saturated heterocycles. The van der Waals surface area contributed by atoms with E-state index in [0.29, 0.717) is 16.7 Å². The molecule has 15 nitrogen and oxygen atoms in total. The van der Waals surface area contributed by atoms with Crippen LogP contribution in [0.2, 0.25) is 0 Å². The van der Waals surface area contributed by atoms with Crippen molar-refractivity contribution >= 4 is 44.6 Å². The maximum absolute atomic E-state index is 14.9. The molecule has 5 N–H and O–H groups in total. The minimum Gasteiger partial charge on any atom is -0.408 e. The van der Waals surface area contributed by atoms with Crippen molar-refractivity contribution in [2.24, 2.45) is 4.99 Å². The summed E-state index contributed by atoms with van der Waals surface area (Å²) in [4.78, 5) is 56.8. The molecule has 41 heavy (non-hydrogen) atoms. The summed E-state index contributed by atoms with van der Waals surface area (Å²) in [7, 11) is -3.35. The highest BCUT2D eigenvalue weighted by Gasteiger charge is 2.39. The zero-order valence-corrected chi connectivity index (χ0v) is 23.0. The zero-order valence-electron chi connectivity index (χ0n) is 22.1. The van der Waals surface area contributed by atoms with Crippen LogP contribution in [-0.2, 0) is 31.0 Å². The van der Waals surface area contributed by atoms with Crippen molar-refractivity contribution in [3.8, 4) is 0 Å². The predicted octanol–water partition coefficient (Wildman–Crippen LogP) is -1.31. The Bertz CT molecular complexity index is 1700. The van der Waals surface area contributed by atoms with Crippen LogP contribution in [0.5, 0.6) is 0 Å². The van der Waals surface area contributed by atoms with Crippen LogP contribution >= 0.6 is 0 Å². The molecular formula is C24H27FN8O7S. The number of halogens is 1. The van der Waals surface area contributed by atoms with Crippen LogP contribution in [0.3, 0.4) is 0 Å². The molecule has 0 aliphatic carbocycles. The third-order valence-electron chi connectivity index (χ3n) is 6.68. The van der Waals surface area contributed by atoms with Gasteiger partial charge in [-0.15, -0.1) is 0 Å². The Hall–Kier alpha value is -4.35. The van der Waals surface area contributed by atoms with E-state index in [4.69, 9.17) is 4.42 Å². The lowest BCUT2D eigenvalue weighted by atomic mass is 10.1. The number of hydrazine groups is 1. The van der Waals surface area contributed by atoms with Gasteiger partial charge in [0.25, 0.3) is 11.8 Å². The van der Waals surface area contributed by atoms with E-state index in [9.17, 15) is 32.0 Å². The fraction of sp³-hybridized carbons (Fsp3) is 0.375. The van der Waals surface area contributed by atoms with Crippen molar-refractivity contribution in [2.75, 3.05) is 19.3 Å². The van der Waals surface area contributed by atoms with E-state index in [2.05, 4.69) is 31.4 Å². The van der Waals surface area contributed by atoms with Gasteiger partial charge in [-0.2, -0.15) is 4.31 Å². The number of nitrogens with zero attached hydrogens (tertiary/aromatic N) is 3. The van der Waals surface area contributed by atoms with E-state index in [0.717, 1.165) is 11.3 Å². The molecule has 2 atom stereocenters. The molecule has 0 spiro atoms. The lowest BCUT2D eigenvalue weighted by Crippen LogP contribution is -2.62. The molecule has 3 amide bonds. The minimum absolute atomic E-state index is 0.0331. The van der Waals surface area contributed by atoms with Gasteiger partial charge in [0.1, 0.15) is 17.5 Å². The molecule has 3 aliphatic heterocycles.